The van der Waals surface area contributed by atoms with Crippen LogP contribution in [0.1, 0.15) is 65.7 Å². The van der Waals surface area contributed by atoms with Crippen LogP contribution in [0, 0.1) is 23.2 Å². The summed E-state index contributed by atoms with van der Waals surface area (Å²) in [5.74, 6) is 3.20. The summed E-state index contributed by atoms with van der Waals surface area (Å²) in [5, 5.41) is 3.92. The van der Waals surface area contributed by atoms with Crippen LogP contribution in [0.15, 0.2) is 0 Å². The topological polar surface area (TPSA) is 15.3 Å². The van der Waals surface area contributed by atoms with E-state index in [0.717, 1.165) is 30.3 Å². The van der Waals surface area contributed by atoms with Gasteiger partial charge in [0.15, 0.2) is 0 Å². The van der Waals surface area contributed by atoms with E-state index in [4.69, 9.17) is 0 Å². The van der Waals surface area contributed by atoms with Crippen molar-refractivity contribution in [1.82, 2.24) is 10.2 Å². The molecule has 122 valence electrons. The molecule has 1 N–H and O–H groups in total. The molecule has 4 aliphatic rings. The average molecular weight is 293 g/mol. The highest BCUT2D eigenvalue weighted by Crippen LogP contribution is 2.61. The molecule has 0 saturated heterocycles. The molecule has 0 radical (unpaired) electrons. The van der Waals surface area contributed by atoms with Crippen molar-refractivity contribution >= 4 is 0 Å². The Labute approximate surface area is 132 Å². The van der Waals surface area contributed by atoms with Gasteiger partial charge in [-0.15, -0.1) is 0 Å². The summed E-state index contributed by atoms with van der Waals surface area (Å²) in [5.41, 5.74) is 0.645. The van der Waals surface area contributed by atoms with Gasteiger partial charge in [-0.2, -0.15) is 0 Å². The fourth-order valence-corrected chi connectivity index (χ4v) is 6.28. The van der Waals surface area contributed by atoms with Gasteiger partial charge in [0.1, 0.15) is 0 Å². The van der Waals surface area contributed by atoms with Gasteiger partial charge in [-0.05, 0) is 87.7 Å². The Balaban J connectivity index is 1.73. The van der Waals surface area contributed by atoms with E-state index in [-0.39, 0.29) is 0 Å². The molecule has 2 heteroatoms. The lowest BCUT2D eigenvalue weighted by molar-refractivity contribution is -0.0783. The summed E-state index contributed by atoms with van der Waals surface area (Å²) in [6.45, 7) is 11.8. The van der Waals surface area contributed by atoms with Crippen molar-refractivity contribution in [3.8, 4) is 0 Å². The molecule has 4 aliphatic carbocycles. The Morgan fingerprint density at radius 3 is 2.00 bits per heavy atom. The van der Waals surface area contributed by atoms with Crippen LogP contribution in [0.5, 0.6) is 0 Å². The van der Waals surface area contributed by atoms with Crippen molar-refractivity contribution in [2.45, 2.75) is 71.8 Å². The van der Waals surface area contributed by atoms with Crippen molar-refractivity contribution in [1.29, 1.82) is 0 Å². The first-order valence-corrected chi connectivity index (χ1v) is 9.64. The zero-order valence-electron chi connectivity index (χ0n) is 14.5. The van der Waals surface area contributed by atoms with Crippen LogP contribution < -0.4 is 5.32 Å². The van der Waals surface area contributed by atoms with Gasteiger partial charge in [0.25, 0.3) is 0 Å². The molecule has 1 unspecified atom stereocenters. The van der Waals surface area contributed by atoms with Crippen LogP contribution in [-0.4, -0.2) is 37.1 Å². The largest absolute Gasteiger partial charge is 0.312 e. The lowest BCUT2D eigenvalue weighted by atomic mass is 9.47. The first kappa shape index (κ1) is 15.8. The lowest BCUT2D eigenvalue weighted by Crippen LogP contribution is -2.59. The first-order chi connectivity index (χ1) is 10.2. The van der Waals surface area contributed by atoms with Gasteiger partial charge in [-0.25, -0.2) is 0 Å². The third-order valence-corrected chi connectivity index (χ3v) is 6.70. The maximum atomic E-state index is 3.92. The van der Waals surface area contributed by atoms with E-state index in [0.29, 0.717) is 5.41 Å². The molecule has 4 saturated carbocycles. The minimum absolute atomic E-state index is 0.645. The second kappa shape index (κ2) is 6.58. The summed E-state index contributed by atoms with van der Waals surface area (Å²) >= 11 is 0. The van der Waals surface area contributed by atoms with Crippen LogP contribution >= 0.6 is 0 Å². The molecule has 0 aliphatic heterocycles. The Bertz CT molecular complexity index is 303. The quantitative estimate of drug-likeness (QED) is 0.729. The van der Waals surface area contributed by atoms with Crippen LogP contribution in [-0.2, 0) is 0 Å². The zero-order valence-corrected chi connectivity index (χ0v) is 14.5. The second-order valence-corrected chi connectivity index (χ2v) is 8.28. The standard InChI is InChI=1S/C19H36N2/c1-4-7-21(6-3)14-18(20-5-2)19-11-15-8-16(12-19)10-17(9-15)13-19/h15-18,20H,4-14H2,1-3H3. The van der Waals surface area contributed by atoms with E-state index < -0.39 is 0 Å². The number of nitrogens with one attached hydrogen (secondary N) is 1. The van der Waals surface area contributed by atoms with E-state index >= 15 is 0 Å². The molecule has 21 heavy (non-hydrogen) atoms. The van der Waals surface area contributed by atoms with Crippen molar-refractivity contribution in [2.75, 3.05) is 26.2 Å². The van der Waals surface area contributed by atoms with Crippen LogP contribution in [0.2, 0.25) is 0 Å². The number of hydrogen-bond donors (Lipinski definition) is 1. The van der Waals surface area contributed by atoms with Crippen LogP contribution in [0.3, 0.4) is 0 Å². The smallest absolute Gasteiger partial charge is 0.0251 e. The van der Waals surface area contributed by atoms with E-state index in [2.05, 4.69) is 31.0 Å². The van der Waals surface area contributed by atoms with Crippen LogP contribution in [0.4, 0.5) is 0 Å². The second-order valence-electron chi connectivity index (χ2n) is 8.28. The lowest BCUT2D eigenvalue weighted by Gasteiger charge is -2.60. The third-order valence-electron chi connectivity index (χ3n) is 6.70. The summed E-state index contributed by atoms with van der Waals surface area (Å²) in [4.78, 5) is 2.69. The maximum absolute atomic E-state index is 3.92. The molecule has 4 bridgehead atoms. The highest BCUT2D eigenvalue weighted by molar-refractivity contribution is 5.06. The molecule has 1 atom stereocenters. The third kappa shape index (κ3) is 3.17. The van der Waals surface area contributed by atoms with Crippen molar-refractivity contribution in [2.24, 2.45) is 23.2 Å². The Kier molecular flexibility index (Phi) is 4.95. The molecule has 0 aromatic rings. The minimum atomic E-state index is 0.645. The minimum Gasteiger partial charge on any atom is -0.312 e. The Morgan fingerprint density at radius 1 is 1.00 bits per heavy atom. The molecule has 0 spiro atoms. The van der Waals surface area contributed by atoms with Gasteiger partial charge >= 0.3 is 0 Å². The fourth-order valence-electron chi connectivity index (χ4n) is 6.28. The average Bonchev–Trinajstić information content (AvgIpc) is 2.44. The van der Waals surface area contributed by atoms with E-state index in [1.54, 1.807) is 19.3 Å². The first-order valence-electron chi connectivity index (χ1n) is 9.64. The van der Waals surface area contributed by atoms with Gasteiger partial charge in [0, 0.05) is 12.6 Å². The fraction of sp³-hybridized carbons (Fsp3) is 1.00. The van der Waals surface area contributed by atoms with E-state index in [1.165, 1.54) is 45.3 Å². The molecule has 0 heterocycles. The summed E-state index contributed by atoms with van der Waals surface area (Å²) in [7, 11) is 0. The molecular weight excluding hydrogens is 256 g/mol. The molecule has 4 rings (SSSR count). The summed E-state index contributed by atoms with van der Waals surface area (Å²) in [6, 6.07) is 0.738. The van der Waals surface area contributed by atoms with Gasteiger partial charge < -0.3 is 10.2 Å². The van der Waals surface area contributed by atoms with Crippen molar-refractivity contribution in [3.05, 3.63) is 0 Å². The SMILES string of the molecule is CCCN(CC)CC(NCC)C12CC3CC(CC(C3)C1)C2. The monoisotopic (exact) mass is 292 g/mol. The van der Waals surface area contributed by atoms with Crippen molar-refractivity contribution in [3.63, 3.8) is 0 Å². The van der Waals surface area contributed by atoms with Gasteiger partial charge in [-0.1, -0.05) is 20.8 Å². The molecule has 4 fully saturated rings. The van der Waals surface area contributed by atoms with Crippen molar-refractivity contribution < 1.29 is 0 Å². The molecule has 0 aromatic carbocycles. The van der Waals surface area contributed by atoms with Gasteiger partial charge in [-0.3, -0.25) is 0 Å². The predicted molar refractivity (Wildman–Crippen MR) is 90.5 cm³/mol. The summed E-state index contributed by atoms with van der Waals surface area (Å²) < 4.78 is 0. The highest BCUT2D eigenvalue weighted by Gasteiger charge is 2.54. The number of likely N-dealkylation sites (N-methyl/N-ethyl adjacent to an activating group) is 2. The molecule has 2 nitrogen and oxygen atoms in total. The summed E-state index contributed by atoms with van der Waals surface area (Å²) in [6.07, 6.45) is 10.5. The number of nitrogens with zero attached hydrogens (tertiary/aromatic N) is 1. The maximum Gasteiger partial charge on any atom is 0.0251 e. The number of rotatable bonds is 8. The van der Waals surface area contributed by atoms with E-state index in [1.807, 2.05) is 0 Å². The molecule has 0 amide bonds. The highest BCUT2D eigenvalue weighted by atomic mass is 15.1. The predicted octanol–water partition coefficient (Wildman–Crippen LogP) is 3.91. The molecule has 0 aromatic heterocycles. The normalized spacial score (nSPS) is 39.1. The molecular formula is C19H36N2. The van der Waals surface area contributed by atoms with Gasteiger partial charge in [0.05, 0.1) is 0 Å². The zero-order chi connectivity index (χ0) is 14.9. The Morgan fingerprint density at radius 2 is 1.57 bits per heavy atom. The van der Waals surface area contributed by atoms with E-state index in [9.17, 15) is 0 Å². The number of hydrogen-bond acceptors (Lipinski definition) is 2. The van der Waals surface area contributed by atoms with Gasteiger partial charge in [0.2, 0.25) is 0 Å². The Hall–Kier alpha value is -0.0800. The van der Waals surface area contributed by atoms with Crippen LogP contribution in [0.25, 0.3) is 0 Å².